The predicted octanol–water partition coefficient (Wildman–Crippen LogP) is 2.69. The van der Waals surface area contributed by atoms with Crippen molar-refractivity contribution >= 4 is 18.3 Å². The van der Waals surface area contributed by atoms with Crippen molar-refractivity contribution in [2.75, 3.05) is 13.7 Å². The minimum atomic E-state index is -0.193. The molecule has 5 heteroatoms. The van der Waals surface area contributed by atoms with Crippen LogP contribution >= 0.6 is 12.4 Å². The molecule has 1 aromatic rings. The Balaban J connectivity index is 0.00000441. The Kier molecular flexibility index (Phi) is 11.8. The Morgan fingerprint density at radius 1 is 1.27 bits per heavy atom. The SMILES string of the molecule is CCCC(CCc1ccccc1)NC(=O)CC(CN)OC.Cl. The van der Waals surface area contributed by atoms with Crippen molar-refractivity contribution in [3.8, 4) is 0 Å². The smallest absolute Gasteiger partial charge is 0.222 e. The lowest BCUT2D eigenvalue weighted by Crippen LogP contribution is -2.38. The van der Waals surface area contributed by atoms with Crippen LogP contribution in [0.3, 0.4) is 0 Å². The van der Waals surface area contributed by atoms with Gasteiger partial charge in [0.25, 0.3) is 0 Å². The van der Waals surface area contributed by atoms with Gasteiger partial charge in [-0.05, 0) is 24.8 Å². The van der Waals surface area contributed by atoms with E-state index in [1.54, 1.807) is 7.11 Å². The van der Waals surface area contributed by atoms with E-state index >= 15 is 0 Å². The Morgan fingerprint density at radius 3 is 2.50 bits per heavy atom. The van der Waals surface area contributed by atoms with Crippen molar-refractivity contribution in [3.05, 3.63) is 35.9 Å². The van der Waals surface area contributed by atoms with Gasteiger partial charge in [0, 0.05) is 19.7 Å². The van der Waals surface area contributed by atoms with E-state index in [1.807, 2.05) is 18.2 Å². The number of methoxy groups -OCH3 is 1. The minimum absolute atomic E-state index is 0. The highest BCUT2D eigenvalue weighted by molar-refractivity contribution is 5.85. The van der Waals surface area contributed by atoms with Crippen LogP contribution in [0.2, 0.25) is 0 Å². The zero-order valence-corrected chi connectivity index (χ0v) is 14.4. The third-order valence-electron chi connectivity index (χ3n) is 3.64. The highest BCUT2D eigenvalue weighted by Crippen LogP contribution is 2.09. The van der Waals surface area contributed by atoms with Crippen LogP contribution in [0.1, 0.15) is 38.2 Å². The van der Waals surface area contributed by atoms with E-state index < -0.39 is 0 Å². The van der Waals surface area contributed by atoms with Crippen LogP contribution in [-0.4, -0.2) is 31.7 Å². The van der Waals surface area contributed by atoms with Crippen molar-refractivity contribution in [1.29, 1.82) is 0 Å². The largest absolute Gasteiger partial charge is 0.380 e. The zero-order chi connectivity index (χ0) is 15.5. The molecule has 0 bridgehead atoms. The molecule has 1 rings (SSSR count). The summed E-state index contributed by atoms with van der Waals surface area (Å²) in [5, 5.41) is 3.11. The van der Waals surface area contributed by atoms with Crippen molar-refractivity contribution in [3.63, 3.8) is 0 Å². The Bertz CT molecular complexity index is 397. The molecular weight excluding hydrogens is 300 g/mol. The number of amides is 1. The molecule has 0 radical (unpaired) electrons. The Labute approximate surface area is 140 Å². The third kappa shape index (κ3) is 8.37. The molecule has 0 fully saturated rings. The molecule has 2 unspecified atom stereocenters. The molecule has 2 atom stereocenters. The lowest BCUT2D eigenvalue weighted by Gasteiger charge is -2.20. The number of nitrogens with two attached hydrogens (primary N) is 1. The monoisotopic (exact) mass is 328 g/mol. The van der Waals surface area contributed by atoms with Gasteiger partial charge < -0.3 is 15.8 Å². The molecular formula is C17H29ClN2O2. The summed E-state index contributed by atoms with van der Waals surface area (Å²) in [7, 11) is 1.59. The minimum Gasteiger partial charge on any atom is -0.380 e. The average Bonchev–Trinajstić information content (AvgIpc) is 2.51. The number of halogens is 1. The van der Waals surface area contributed by atoms with Gasteiger partial charge in [0.1, 0.15) is 0 Å². The molecule has 0 spiro atoms. The molecule has 0 heterocycles. The summed E-state index contributed by atoms with van der Waals surface area (Å²) in [5.74, 6) is 0.0267. The third-order valence-corrected chi connectivity index (χ3v) is 3.64. The van der Waals surface area contributed by atoms with Gasteiger partial charge in [-0.25, -0.2) is 0 Å². The van der Waals surface area contributed by atoms with E-state index in [2.05, 4.69) is 24.4 Å². The molecule has 0 saturated carbocycles. The normalized spacial score (nSPS) is 13.0. The number of hydrogen-bond donors (Lipinski definition) is 2. The first-order valence-electron chi connectivity index (χ1n) is 7.75. The van der Waals surface area contributed by atoms with Crippen molar-refractivity contribution in [2.24, 2.45) is 5.73 Å². The zero-order valence-electron chi connectivity index (χ0n) is 13.6. The van der Waals surface area contributed by atoms with E-state index in [1.165, 1.54) is 5.56 Å². The predicted molar refractivity (Wildman–Crippen MR) is 93.3 cm³/mol. The van der Waals surface area contributed by atoms with Crippen molar-refractivity contribution in [1.82, 2.24) is 5.32 Å². The quantitative estimate of drug-likeness (QED) is 0.694. The summed E-state index contributed by atoms with van der Waals surface area (Å²) in [5.41, 5.74) is 6.86. The first kappa shape index (κ1) is 20.9. The highest BCUT2D eigenvalue weighted by atomic mass is 35.5. The van der Waals surface area contributed by atoms with Crippen molar-refractivity contribution < 1.29 is 9.53 Å². The van der Waals surface area contributed by atoms with Gasteiger partial charge in [-0.1, -0.05) is 43.7 Å². The van der Waals surface area contributed by atoms with E-state index in [9.17, 15) is 4.79 Å². The Morgan fingerprint density at radius 2 is 1.95 bits per heavy atom. The molecule has 0 aliphatic carbocycles. The van der Waals surface area contributed by atoms with Gasteiger partial charge in [-0.15, -0.1) is 12.4 Å². The van der Waals surface area contributed by atoms with Gasteiger partial charge in [0.15, 0.2) is 0 Å². The van der Waals surface area contributed by atoms with Crippen LogP contribution in [0, 0.1) is 0 Å². The summed E-state index contributed by atoms with van der Waals surface area (Å²) in [6, 6.07) is 10.6. The summed E-state index contributed by atoms with van der Waals surface area (Å²) in [6.07, 6.45) is 4.14. The Hall–Kier alpha value is -1.10. The van der Waals surface area contributed by atoms with Crippen LogP contribution in [-0.2, 0) is 16.0 Å². The maximum atomic E-state index is 12.0. The number of benzene rings is 1. The lowest BCUT2D eigenvalue weighted by atomic mass is 10.0. The number of ether oxygens (including phenoxy) is 1. The fourth-order valence-corrected chi connectivity index (χ4v) is 2.38. The standard InChI is InChI=1S/C17H28N2O2.ClH/c1-3-7-15(11-10-14-8-5-4-6-9-14)19-17(20)12-16(13-18)21-2;/h4-6,8-9,15-16H,3,7,10-13,18H2,1-2H3,(H,19,20);1H. The van der Waals surface area contributed by atoms with Crippen LogP contribution in [0.25, 0.3) is 0 Å². The molecule has 4 nitrogen and oxygen atoms in total. The molecule has 22 heavy (non-hydrogen) atoms. The molecule has 1 amide bonds. The van der Waals surface area contributed by atoms with Gasteiger partial charge in [-0.3, -0.25) is 4.79 Å². The molecule has 0 aliphatic rings. The number of rotatable bonds is 10. The first-order chi connectivity index (χ1) is 10.2. The first-order valence-corrected chi connectivity index (χ1v) is 7.75. The van der Waals surface area contributed by atoms with Gasteiger partial charge >= 0.3 is 0 Å². The molecule has 0 aliphatic heterocycles. The maximum Gasteiger partial charge on any atom is 0.222 e. The van der Waals surface area contributed by atoms with Crippen molar-refractivity contribution in [2.45, 2.75) is 51.2 Å². The maximum absolute atomic E-state index is 12.0. The second kappa shape index (κ2) is 12.4. The summed E-state index contributed by atoms with van der Waals surface area (Å²) in [4.78, 5) is 12.0. The second-order valence-electron chi connectivity index (χ2n) is 5.37. The average molecular weight is 329 g/mol. The van der Waals surface area contributed by atoms with E-state index in [4.69, 9.17) is 10.5 Å². The fraction of sp³-hybridized carbons (Fsp3) is 0.588. The van der Waals surface area contributed by atoms with Gasteiger partial charge in [0.05, 0.1) is 12.5 Å². The topological polar surface area (TPSA) is 64.4 Å². The number of nitrogens with one attached hydrogen (secondary N) is 1. The lowest BCUT2D eigenvalue weighted by molar-refractivity contribution is -0.124. The number of hydrogen-bond acceptors (Lipinski definition) is 3. The van der Waals surface area contributed by atoms with Crippen LogP contribution < -0.4 is 11.1 Å². The van der Waals surface area contributed by atoms with Gasteiger partial charge in [0.2, 0.25) is 5.91 Å². The van der Waals surface area contributed by atoms with Gasteiger partial charge in [-0.2, -0.15) is 0 Å². The van der Waals surface area contributed by atoms with Crippen LogP contribution in [0.15, 0.2) is 30.3 Å². The summed E-state index contributed by atoms with van der Waals surface area (Å²) in [6.45, 7) is 2.51. The van der Waals surface area contributed by atoms with E-state index in [0.717, 1.165) is 25.7 Å². The second-order valence-corrected chi connectivity index (χ2v) is 5.37. The highest BCUT2D eigenvalue weighted by Gasteiger charge is 2.15. The van der Waals surface area contributed by atoms with Crippen LogP contribution in [0.5, 0.6) is 0 Å². The molecule has 126 valence electrons. The van der Waals surface area contributed by atoms with E-state index in [0.29, 0.717) is 13.0 Å². The molecule has 0 aromatic heterocycles. The molecule has 0 saturated heterocycles. The number of aryl methyl sites for hydroxylation is 1. The molecule has 1 aromatic carbocycles. The summed E-state index contributed by atoms with van der Waals surface area (Å²) < 4.78 is 5.16. The molecule has 3 N–H and O–H groups in total. The van der Waals surface area contributed by atoms with E-state index in [-0.39, 0.29) is 30.5 Å². The number of carbonyl (C=O) groups is 1. The summed E-state index contributed by atoms with van der Waals surface area (Å²) >= 11 is 0. The van der Waals surface area contributed by atoms with Crippen LogP contribution in [0.4, 0.5) is 0 Å². The number of carbonyl (C=O) groups excluding carboxylic acids is 1. The fourth-order valence-electron chi connectivity index (χ4n) is 2.38.